The van der Waals surface area contributed by atoms with Crippen LogP contribution in [0.1, 0.15) is 19.4 Å². The minimum absolute atomic E-state index is 0.0523. The van der Waals surface area contributed by atoms with Gasteiger partial charge in [-0.1, -0.05) is 11.6 Å². The molecule has 190 valence electrons. The molecule has 2 atom stereocenters. The number of halogens is 4. The number of amides is 1. The van der Waals surface area contributed by atoms with E-state index < -0.39 is 46.6 Å². The Morgan fingerprint density at radius 3 is 2.40 bits per heavy atom. The molecule has 35 heavy (non-hydrogen) atoms. The van der Waals surface area contributed by atoms with Crippen LogP contribution in [0, 0.1) is 10.1 Å². The van der Waals surface area contributed by atoms with E-state index in [9.17, 15) is 32.9 Å². The number of alkyl carbamates (subject to hydrolysis) is 1. The minimum atomic E-state index is -4.60. The first kappa shape index (κ1) is 27.5. The SMILES string of the molecule is COC(=O)NCC(C)OC(=O)C(C)Oc1cc(Oc2ccc(C(F)(F)F)cc2Cl)ccc1[N+](=O)[O-]. The smallest absolute Gasteiger partial charge is 0.416 e. The number of carbonyl (C=O) groups excluding carboxylic acids is 2. The molecule has 0 heterocycles. The summed E-state index contributed by atoms with van der Waals surface area (Å²) in [4.78, 5) is 34.0. The number of esters is 1. The lowest BCUT2D eigenvalue weighted by molar-refractivity contribution is -0.386. The second-order valence-electron chi connectivity index (χ2n) is 7.01. The molecule has 2 unspecified atom stereocenters. The fraction of sp³-hybridized carbons (Fsp3) is 0.333. The van der Waals surface area contributed by atoms with Crippen LogP contribution in [0.3, 0.4) is 0 Å². The van der Waals surface area contributed by atoms with Gasteiger partial charge < -0.3 is 24.3 Å². The normalized spacial score (nSPS) is 12.8. The predicted molar refractivity (Wildman–Crippen MR) is 116 cm³/mol. The van der Waals surface area contributed by atoms with E-state index in [-0.39, 0.29) is 28.8 Å². The van der Waals surface area contributed by atoms with Gasteiger partial charge in [-0.15, -0.1) is 0 Å². The number of rotatable bonds is 9. The van der Waals surface area contributed by atoms with E-state index in [0.717, 1.165) is 31.4 Å². The summed E-state index contributed by atoms with van der Waals surface area (Å²) in [5, 5.41) is 13.4. The quantitative estimate of drug-likeness (QED) is 0.274. The zero-order chi connectivity index (χ0) is 26.3. The number of nitro benzene ring substituents is 1. The summed E-state index contributed by atoms with van der Waals surface area (Å²) in [5.41, 5.74) is -1.48. The zero-order valence-electron chi connectivity index (χ0n) is 18.6. The van der Waals surface area contributed by atoms with Crippen LogP contribution < -0.4 is 14.8 Å². The molecular formula is C21H20ClF3N2O8. The van der Waals surface area contributed by atoms with Crippen LogP contribution in [0.5, 0.6) is 17.2 Å². The van der Waals surface area contributed by atoms with Crippen LogP contribution in [0.25, 0.3) is 0 Å². The summed E-state index contributed by atoms with van der Waals surface area (Å²) < 4.78 is 58.8. The van der Waals surface area contributed by atoms with Gasteiger partial charge in [-0.25, -0.2) is 9.59 Å². The third-order valence-electron chi connectivity index (χ3n) is 4.29. The molecule has 0 aliphatic rings. The van der Waals surface area contributed by atoms with Crippen LogP contribution in [-0.4, -0.2) is 42.8 Å². The van der Waals surface area contributed by atoms with Crippen molar-refractivity contribution < 1.29 is 46.6 Å². The molecule has 0 bridgehead atoms. The summed E-state index contributed by atoms with van der Waals surface area (Å²) in [5.74, 6) is -1.43. The molecule has 0 spiro atoms. The van der Waals surface area contributed by atoms with E-state index in [2.05, 4.69) is 10.1 Å². The van der Waals surface area contributed by atoms with Crippen LogP contribution in [0.15, 0.2) is 36.4 Å². The Morgan fingerprint density at radius 2 is 1.83 bits per heavy atom. The molecule has 0 saturated heterocycles. The zero-order valence-corrected chi connectivity index (χ0v) is 19.3. The molecule has 0 aliphatic heterocycles. The van der Waals surface area contributed by atoms with Gasteiger partial charge in [0.1, 0.15) is 17.6 Å². The summed E-state index contributed by atoms with van der Waals surface area (Å²) in [6, 6.07) is 5.73. The Balaban J connectivity index is 2.16. The lowest BCUT2D eigenvalue weighted by atomic mass is 10.2. The van der Waals surface area contributed by atoms with E-state index in [1.807, 2.05) is 0 Å². The molecule has 2 aromatic carbocycles. The first-order valence-corrected chi connectivity index (χ1v) is 10.2. The summed E-state index contributed by atoms with van der Waals surface area (Å²) in [7, 11) is 1.16. The van der Waals surface area contributed by atoms with Gasteiger partial charge in [0, 0.05) is 12.1 Å². The van der Waals surface area contributed by atoms with Crippen LogP contribution >= 0.6 is 11.6 Å². The Hall–Kier alpha value is -3.74. The van der Waals surface area contributed by atoms with Gasteiger partial charge in [0.2, 0.25) is 5.75 Å². The maximum absolute atomic E-state index is 12.8. The summed E-state index contributed by atoms with van der Waals surface area (Å²) >= 11 is 5.88. The Bertz CT molecular complexity index is 1100. The van der Waals surface area contributed by atoms with Crippen molar-refractivity contribution in [1.82, 2.24) is 5.32 Å². The van der Waals surface area contributed by atoms with E-state index in [0.29, 0.717) is 6.07 Å². The van der Waals surface area contributed by atoms with E-state index >= 15 is 0 Å². The van der Waals surface area contributed by atoms with Gasteiger partial charge in [-0.2, -0.15) is 13.2 Å². The maximum atomic E-state index is 12.8. The highest BCUT2D eigenvalue weighted by Crippen LogP contribution is 2.38. The molecule has 0 radical (unpaired) electrons. The first-order valence-electron chi connectivity index (χ1n) is 9.83. The molecule has 0 aliphatic carbocycles. The van der Waals surface area contributed by atoms with Crippen molar-refractivity contribution in [3.05, 3.63) is 57.1 Å². The van der Waals surface area contributed by atoms with Crippen molar-refractivity contribution >= 4 is 29.4 Å². The Morgan fingerprint density at radius 1 is 1.14 bits per heavy atom. The molecule has 10 nitrogen and oxygen atoms in total. The number of hydrogen-bond acceptors (Lipinski definition) is 8. The molecule has 14 heteroatoms. The van der Waals surface area contributed by atoms with Crippen LogP contribution in [-0.2, 0) is 20.4 Å². The van der Waals surface area contributed by atoms with Gasteiger partial charge in [0.15, 0.2) is 6.10 Å². The van der Waals surface area contributed by atoms with E-state index in [1.54, 1.807) is 0 Å². The topological polar surface area (TPSA) is 126 Å². The average Bonchev–Trinajstić information content (AvgIpc) is 2.77. The number of methoxy groups -OCH3 is 1. The molecule has 2 rings (SSSR count). The van der Waals surface area contributed by atoms with Crippen molar-refractivity contribution in [3.8, 4) is 17.2 Å². The van der Waals surface area contributed by atoms with Crippen molar-refractivity contribution in [2.45, 2.75) is 32.2 Å². The molecule has 0 aromatic heterocycles. The summed E-state index contributed by atoms with van der Waals surface area (Å²) in [6.07, 6.45) is -7.40. The number of benzene rings is 2. The molecule has 0 fully saturated rings. The summed E-state index contributed by atoms with van der Waals surface area (Å²) in [6.45, 7) is 2.72. The highest BCUT2D eigenvalue weighted by molar-refractivity contribution is 6.32. The van der Waals surface area contributed by atoms with E-state index in [4.69, 9.17) is 25.8 Å². The van der Waals surface area contributed by atoms with Crippen molar-refractivity contribution in [2.75, 3.05) is 13.7 Å². The average molecular weight is 521 g/mol. The molecule has 0 saturated carbocycles. The monoisotopic (exact) mass is 520 g/mol. The minimum Gasteiger partial charge on any atom is -0.472 e. The molecular weight excluding hydrogens is 501 g/mol. The number of alkyl halides is 3. The fourth-order valence-corrected chi connectivity index (χ4v) is 2.78. The van der Waals surface area contributed by atoms with Gasteiger partial charge in [-0.05, 0) is 38.1 Å². The number of hydrogen-bond donors (Lipinski definition) is 1. The Kier molecular flexibility index (Phi) is 9.12. The lowest BCUT2D eigenvalue weighted by Gasteiger charge is -2.18. The van der Waals surface area contributed by atoms with Crippen molar-refractivity contribution in [3.63, 3.8) is 0 Å². The number of ether oxygens (including phenoxy) is 4. The number of nitro groups is 1. The van der Waals surface area contributed by atoms with Crippen LogP contribution in [0.4, 0.5) is 23.7 Å². The maximum Gasteiger partial charge on any atom is 0.416 e. The van der Waals surface area contributed by atoms with Gasteiger partial charge in [-0.3, -0.25) is 10.1 Å². The van der Waals surface area contributed by atoms with Crippen LogP contribution in [0.2, 0.25) is 5.02 Å². The lowest BCUT2D eigenvalue weighted by Crippen LogP contribution is -2.36. The fourth-order valence-electron chi connectivity index (χ4n) is 2.56. The van der Waals surface area contributed by atoms with Gasteiger partial charge in [0.05, 0.1) is 29.2 Å². The third kappa shape index (κ3) is 7.91. The number of nitrogens with one attached hydrogen (secondary N) is 1. The standard InChI is InChI=1S/C21H20ClF3N2O8/c1-11(10-26-20(29)32-3)33-19(28)12(2)34-18-9-14(5-6-16(18)27(30)31)35-17-7-4-13(8-15(17)22)21(23,24)25/h4-9,11-12H,10H2,1-3H3,(H,26,29). The molecule has 1 N–H and O–H groups in total. The first-order chi connectivity index (χ1) is 16.3. The van der Waals surface area contributed by atoms with Gasteiger partial charge >= 0.3 is 23.9 Å². The number of nitrogens with zero attached hydrogens (tertiary/aromatic N) is 1. The largest absolute Gasteiger partial charge is 0.472 e. The van der Waals surface area contributed by atoms with Gasteiger partial charge in [0.25, 0.3) is 0 Å². The highest BCUT2D eigenvalue weighted by Gasteiger charge is 2.31. The molecule has 1 amide bonds. The van der Waals surface area contributed by atoms with Crippen molar-refractivity contribution in [2.24, 2.45) is 0 Å². The predicted octanol–water partition coefficient (Wildman–Crippen LogP) is 5.11. The second kappa shape index (κ2) is 11.6. The highest BCUT2D eigenvalue weighted by atomic mass is 35.5. The molecule has 2 aromatic rings. The third-order valence-corrected chi connectivity index (χ3v) is 4.58. The Labute approximate surface area is 202 Å². The number of carbonyl (C=O) groups is 2. The second-order valence-corrected chi connectivity index (χ2v) is 7.42. The van der Waals surface area contributed by atoms with E-state index in [1.165, 1.54) is 19.9 Å². The van der Waals surface area contributed by atoms with Crippen molar-refractivity contribution in [1.29, 1.82) is 0 Å².